The second kappa shape index (κ2) is 5.08. The van der Waals surface area contributed by atoms with Crippen molar-refractivity contribution in [2.24, 2.45) is 5.73 Å². The largest absolute Gasteiger partial charge is 0.508 e. The second-order valence-electron chi connectivity index (χ2n) is 4.45. The first-order valence-corrected chi connectivity index (χ1v) is 5.95. The Bertz CT molecular complexity index is 473. The van der Waals surface area contributed by atoms with E-state index in [-0.39, 0.29) is 18.1 Å². The number of nitrogens with two attached hydrogens (primary N) is 1. The Kier molecular flexibility index (Phi) is 3.50. The van der Waals surface area contributed by atoms with Gasteiger partial charge in [-0.05, 0) is 18.9 Å². The fourth-order valence-electron chi connectivity index (χ4n) is 2.29. The zero-order valence-corrected chi connectivity index (χ0v) is 10.0. The minimum Gasteiger partial charge on any atom is -0.508 e. The van der Waals surface area contributed by atoms with Crippen LogP contribution in [0.2, 0.25) is 0 Å². The lowest BCUT2D eigenvalue weighted by Gasteiger charge is -2.22. The molecule has 18 heavy (non-hydrogen) atoms. The van der Waals surface area contributed by atoms with Crippen molar-refractivity contribution in [1.29, 1.82) is 0 Å². The summed E-state index contributed by atoms with van der Waals surface area (Å²) >= 11 is 0. The first-order chi connectivity index (χ1) is 8.59. The highest BCUT2D eigenvalue weighted by Gasteiger charge is 2.32. The van der Waals surface area contributed by atoms with Crippen LogP contribution >= 0.6 is 0 Å². The molecule has 5 nitrogen and oxygen atoms in total. The van der Waals surface area contributed by atoms with E-state index in [2.05, 4.69) is 0 Å². The van der Waals surface area contributed by atoms with Crippen LogP contribution in [-0.2, 0) is 16.0 Å². The van der Waals surface area contributed by atoms with Crippen LogP contribution in [0.4, 0.5) is 0 Å². The van der Waals surface area contributed by atoms with Gasteiger partial charge in [0.25, 0.3) is 0 Å². The molecule has 0 radical (unpaired) electrons. The monoisotopic (exact) mass is 248 g/mol. The van der Waals surface area contributed by atoms with Crippen LogP contribution in [0.3, 0.4) is 0 Å². The number of hydrogen-bond acceptors (Lipinski definition) is 3. The predicted molar refractivity (Wildman–Crippen MR) is 65.7 cm³/mol. The number of nitrogens with zero attached hydrogens (tertiary/aromatic N) is 1. The van der Waals surface area contributed by atoms with Crippen molar-refractivity contribution in [3.05, 3.63) is 29.8 Å². The third-order valence-corrected chi connectivity index (χ3v) is 3.23. The number of carbonyl (C=O) groups is 2. The maximum Gasteiger partial charge on any atom is 0.240 e. The van der Waals surface area contributed by atoms with Crippen molar-refractivity contribution in [2.75, 3.05) is 6.54 Å². The molecule has 5 heteroatoms. The molecule has 1 unspecified atom stereocenters. The third kappa shape index (κ3) is 2.45. The predicted octanol–water partition coefficient (Wildman–Crippen LogP) is 0.411. The van der Waals surface area contributed by atoms with E-state index in [1.54, 1.807) is 18.2 Å². The molecular weight excluding hydrogens is 232 g/mol. The van der Waals surface area contributed by atoms with Gasteiger partial charge in [0, 0.05) is 12.1 Å². The van der Waals surface area contributed by atoms with Gasteiger partial charge in [0.1, 0.15) is 11.8 Å². The zero-order valence-electron chi connectivity index (χ0n) is 10.0. The standard InChI is InChI=1S/C13H16N2O3/c14-13(18)10-5-3-7-15(10)12(17)8-9-4-1-2-6-11(9)16/h1-2,4,6,10,16H,3,5,7-8H2,(H2,14,18). The summed E-state index contributed by atoms with van der Waals surface area (Å²) in [5.74, 6) is -0.531. The minimum atomic E-state index is -0.497. The van der Waals surface area contributed by atoms with Crippen LogP contribution in [0.5, 0.6) is 5.75 Å². The van der Waals surface area contributed by atoms with Gasteiger partial charge in [0.2, 0.25) is 11.8 Å². The quantitative estimate of drug-likeness (QED) is 0.812. The van der Waals surface area contributed by atoms with Crippen molar-refractivity contribution in [3.8, 4) is 5.75 Å². The summed E-state index contributed by atoms with van der Waals surface area (Å²) in [6.45, 7) is 0.556. The number of primary amides is 1. The highest BCUT2D eigenvalue weighted by atomic mass is 16.3. The molecule has 2 amide bonds. The molecule has 0 bridgehead atoms. The molecule has 0 saturated carbocycles. The average molecular weight is 248 g/mol. The smallest absolute Gasteiger partial charge is 0.240 e. The Morgan fingerprint density at radius 1 is 1.39 bits per heavy atom. The summed E-state index contributed by atoms with van der Waals surface area (Å²) in [6, 6.07) is 6.20. The lowest BCUT2D eigenvalue weighted by molar-refractivity contribution is -0.136. The fraction of sp³-hybridized carbons (Fsp3) is 0.385. The lowest BCUT2D eigenvalue weighted by atomic mass is 10.1. The van der Waals surface area contributed by atoms with Crippen LogP contribution in [0.15, 0.2) is 24.3 Å². The average Bonchev–Trinajstić information content (AvgIpc) is 2.81. The van der Waals surface area contributed by atoms with E-state index in [1.807, 2.05) is 0 Å². The summed E-state index contributed by atoms with van der Waals surface area (Å²) in [5, 5.41) is 9.61. The Morgan fingerprint density at radius 3 is 2.78 bits per heavy atom. The number of rotatable bonds is 3. The molecule has 3 N–H and O–H groups in total. The van der Waals surface area contributed by atoms with Crippen molar-refractivity contribution in [3.63, 3.8) is 0 Å². The molecule has 0 spiro atoms. The fourth-order valence-corrected chi connectivity index (χ4v) is 2.29. The molecule has 1 atom stereocenters. The van der Waals surface area contributed by atoms with Crippen molar-refractivity contribution in [2.45, 2.75) is 25.3 Å². The number of hydrogen-bond donors (Lipinski definition) is 2. The molecule has 1 saturated heterocycles. The summed E-state index contributed by atoms with van der Waals surface area (Å²) in [6.07, 6.45) is 1.51. The Hall–Kier alpha value is -2.04. The molecule has 1 aromatic carbocycles. The maximum atomic E-state index is 12.1. The SMILES string of the molecule is NC(=O)C1CCCN1C(=O)Cc1ccccc1O. The van der Waals surface area contributed by atoms with E-state index in [9.17, 15) is 14.7 Å². The number of phenols is 1. The highest BCUT2D eigenvalue weighted by Crippen LogP contribution is 2.21. The minimum absolute atomic E-state index is 0.0937. The van der Waals surface area contributed by atoms with E-state index in [0.29, 0.717) is 18.5 Å². The van der Waals surface area contributed by atoms with E-state index in [1.165, 1.54) is 11.0 Å². The van der Waals surface area contributed by atoms with Gasteiger partial charge in [0.05, 0.1) is 6.42 Å². The Labute approximate surface area is 105 Å². The normalized spacial score (nSPS) is 18.9. The molecule has 2 rings (SSSR count). The molecule has 0 aromatic heterocycles. The Morgan fingerprint density at radius 2 is 2.11 bits per heavy atom. The van der Waals surface area contributed by atoms with Gasteiger partial charge < -0.3 is 15.7 Å². The summed E-state index contributed by atoms with van der Waals surface area (Å²) in [5.41, 5.74) is 5.83. The van der Waals surface area contributed by atoms with E-state index in [4.69, 9.17) is 5.73 Å². The summed E-state index contributed by atoms with van der Waals surface area (Å²) in [4.78, 5) is 24.8. The zero-order chi connectivity index (χ0) is 13.1. The van der Waals surface area contributed by atoms with E-state index < -0.39 is 11.9 Å². The number of phenolic OH excluding ortho intramolecular Hbond substituents is 1. The second-order valence-corrected chi connectivity index (χ2v) is 4.45. The molecule has 1 aliphatic heterocycles. The number of benzene rings is 1. The number of likely N-dealkylation sites (tertiary alicyclic amines) is 1. The van der Waals surface area contributed by atoms with Crippen molar-refractivity contribution < 1.29 is 14.7 Å². The Balaban J connectivity index is 2.08. The summed E-state index contributed by atoms with van der Waals surface area (Å²) in [7, 11) is 0. The summed E-state index contributed by atoms with van der Waals surface area (Å²) < 4.78 is 0. The van der Waals surface area contributed by atoms with Gasteiger partial charge in [-0.3, -0.25) is 9.59 Å². The van der Waals surface area contributed by atoms with Gasteiger partial charge in [-0.1, -0.05) is 18.2 Å². The number of carbonyl (C=O) groups excluding carboxylic acids is 2. The molecular formula is C13H16N2O3. The van der Waals surface area contributed by atoms with Crippen LogP contribution in [0.1, 0.15) is 18.4 Å². The van der Waals surface area contributed by atoms with Crippen LogP contribution < -0.4 is 5.73 Å². The molecule has 1 heterocycles. The topological polar surface area (TPSA) is 83.6 Å². The molecule has 1 aromatic rings. The lowest BCUT2D eigenvalue weighted by Crippen LogP contribution is -2.44. The van der Waals surface area contributed by atoms with Crippen LogP contribution in [-0.4, -0.2) is 34.4 Å². The first kappa shape index (κ1) is 12.4. The first-order valence-electron chi connectivity index (χ1n) is 5.95. The van der Waals surface area contributed by atoms with Crippen LogP contribution in [0, 0.1) is 0 Å². The molecule has 1 aliphatic rings. The van der Waals surface area contributed by atoms with Crippen LogP contribution in [0.25, 0.3) is 0 Å². The highest BCUT2D eigenvalue weighted by molar-refractivity contribution is 5.88. The van der Waals surface area contributed by atoms with Gasteiger partial charge in [0.15, 0.2) is 0 Å². The number of amides is 2. The maximum absolute atomic E-state index is 12.1. The third-order valence-electron chi connectivity index (χ3n) is 3.23. The van der Waals surface area contributed by atoms with Gasteiger partial charge in [-0.15, -0.1) is 0 Å². The van der Waals surface area contributed by atoms with Crippen molar-refractivity contribution >= 4 is 11.8 Å². The van der Waals surface area contributed by atoms with Gasteiger partial charge in [-0.25, -0.2) is 0 Å². The molecule has 96 valence electrons. The van der Waals surface area contributed by atoms with Gasteiger partial charge >= 0.3 is 0 Å². The molecule has 1 fully saturated rings. The van der Waals surface area contributed by atoms with E-state index in [0.717, 1.165) is 6.42 Å². The van der Waals surface area contributed by atoms with E-state index >= 15 is 0 Å². The number of aromatic hydroxyl groups is 1. The van der Waals surface area contributed by atoms with Gasteiger partial charge in [-0.2, -0.15) is 0 Å². The molecule has 0 aliphatic carbocycles. The number of para-hydroxylation sites is 1. The van der Waals surface area contributed by atoms with Crippen molar-refractivity contribution in [1.82, 2.24) is 4.90 Å².